The predicted octanol–water partition coefficient (Wildman–Crippen LogP) is 1.57. The highest BCUT2D eigenvalue weighted by Gasteiger charge is 2.09. The van der Waals surface area contributed by atoms with E-state index in [1.54, 1.807) is 0 Å². The van der Waals surface area contributed by atoms with Gasteiger partial charge in [-0.2, -0.15) is 0 Å². The van der Waals surface area contributed by atoms with Crippen molar-refractivity contribution in [2.75, 3.05) is 5.75 Å². The minimum Gasteiger partial charge on any atom is -0.210 e. The van der Waals surface area contributed by atoms with Gasteiger partial charge >= 0.3 is 0 Å². The van der Waals surface area contributed by atoms with E-state index in [0.717, 1.165) is 6.42 Å². The van der Waals surface area contributed by atoms with Gasteiger partial charge in [0.05, 0.1) is 5.25 Å². The van der Waals surface area contributed by atoms with Gasteiger partial charge in [0.15, 0.2) is 0 Å². The topological polar surface area (TPSA) is 29.4 Å². The van der Waals surface area contributed by atoms with Gasteiger partial charge in [0.25, 0.3) is 0 Å². The van der Waals surface area contributed by atoms with Crippen LogP contribution in [0.25, 0.3) is 0 Å². The average Bonchev–Trinajstić information content (AvgIpc) is 2.07. The molecule has 1 heterocycles. The lowest BCUT2D eigenvalue weighted by molar-refractivity contribution is 0.565. The molecule has 1 aliphatic heterocycles. The SMILES string of the molecule is O=C=NC#CC1CCCCS1. The zero-order chi connectivity index (χ0) is 7.94. The van der Waals surface area contributed by atoms with E-state index in [1.807, 2.05) is 11.8 Å². The van der Waals surface area contributed by atoms with Gasteiger partial charge in [-0.15, -0.1) is 16.8 Å². The van der Waals surface area contributed by atoms with Crippen LogP contribution in [0, 0.1) is 12.0 Å². The second kappa shape index (κ2) is 5.01. The minimum atomic E-state index is 0.390. The van der Waals surface area contributed by atoms with Gasteiger partial charge in [0.2, 0.25) is 6.08 Å². The van der Waals surface area contributed by atoms with E-state index in [-0.39, 0.29) is 0 Å². The summed E-state index contributed by atoms with van der Waals surface area (Å²) < 4.78 is 0. The number of isocyanates is 1. The molecule has 0 aromatic carbocycles. The summed E-state index contributed by atoms with van der Waals surface area (Å²) in [6.07, 6.45) is 5.07. The van der Waals surface area contributed by atoms with Gasteiger partial charge in [-0.1, -0.05) is 12.3 Å². The van der Waals surface area contributed by atoms with Crippen LogP contribution in [-0.4, -0.2) is 17.1 Å². The molecule has 0 saturated carbocycles. The smallest absolute Gasteiger partial charge is 0.210 e. The third-order valence-electron chi connectivity index (χ3n) is 1.51. The fourth-order valence-corrected chi connectivity index (χ4v) is 2.11. The van der Waals surface area contributed by atoms with E-state index in [9.17, 15) is 4.79 Å². The Bertz CT molecular complexity index is 216. The normalized spacial score (nSPS) is 22.7. The molecule has 0 radical (unpaired) electrons. The molecule has 0 spiro atoms. The van der Waals surface area contributed by atoms with E-state index in [1.165, 1.54) is 24.7 Å². The summed E-state index contributed by atoms with van der Waals surface area (Å²) in [4.78, 5) is 12.8. The van der Waals surface area contributed by atoms with Crippen molar-refractivity contribution in [3.8, 4) is 12.0 Å². The minimum absolute atomic E-state index is 0.390. The van der Waals surface area contributed by atoms with Crippen LogP contribution in [0.2, 0.25) is 0 Å². The Labute approximate surface area is 70.5 Å². The zero-order valence-electron chi connectivity index (χ0n) is 6.17. The van der Waals surface area contributed by atoms with Crippen molar-refractivity contribution in [3.05, 3.63) is 0 Å². The zero-order valence-corrected chi connectivity index (χ0v) is 6.99. The van der Waals surface area contributed by atoms with Crippen molar-refractivity contribution >= 4 is 17.8 Å². The van der Waals surface area contributed by atoms with Crippen molar-refractivity contribution in [2.24, 2.45) is 4.99 Å². The highest BCUT2D eigenvalue weighted by atomic mass is 32.2. The molecule has 0 amide bonds. The van der Waals surface area contributed by atoms with Crippen LogP contribution in [0.4, 0.5) is 0 Å². The molecule has 0 aromatic rings. The number of thioether (sulfide) groups is 1. The molecular weight excluding hydrogens is 158 g/mol. The predicted molar refractivity (Wildman–Crippen MR) is 46.0 cm³/mol. The van der Waals surface area contributed by atoms with Gasteiger partial charge in [-0.05, 0) is 18.6 Å². The third-order valence-corrected chi connectivity index (χ3v) is 2.79. The molecule has 58 valence electrons. The number of rotatable bonds is 0. The van der Waals surface area contributed by atoms with Crippen LogP contribution in [0.5, 0.6) is 0 Å². The summed E-state index contributed by atoms with van der Waals surface area (Å²) in [7, 11) is 0. The second-order valence-corrected chi connectivity index (χ2v) is 3.63. The lowest BCUT2D eigenvalue weighted by Gasteiger charge is -2.14. The highest BCUT2D eigenvalue weighted by Crippen LogP contribution is 2.23. The summed E-state index contributed by atoms with van der Waals surface area (Å²) in [6.45, 7) is 0. The summed E-state index contributed by atoms with van der Waals surface area (Å²) in [5.74, 6) is 4.09. The largest absolute Gasteiger partial charge is 0.249 e. The molecule has 1 saturated heterocycles. The fraction of sp³-hybridized carbons (Fsp3) is 0.625. The molecule has 3 heteroatoms. The molecule has 0 aliphatic carbocycles. The molecule has 1 aliphatic rings. The number of carbonyl (C=O) groups excluding carboxylic acids is 1. The second-order valence-electron chi connectivity index (χ2n) is 2.31. The van der Waals surface area contributed by atoms with Crippen LogP contribution in [-0.2, 0) is 4.79 Å². The standard InChI is InChI=1S/C8H9NOS/c10-7-9-5-4-8-3-1-2-6-11-8/h8H,1-3,6H2. The summed E-state index contributed by atoms with van der Waals surface area (Å²) >= 11 is 1.85. The summed E-state index contributed by atoms with van der Waals surface area (Å²) in [5, 5.41) is 0.390. The van der Waals surface area contributed by atoms with E-state index in [2.05, 4.69) is 17.0 Å². The molecule has 0 aromatic heterocycles. The van der Waals surface area contributed by atoms with Gasteiger partial charge in [-0.3, -0.25) is 0 Å². The quantitative estimate of drug-likeness (QED) is 0.311. The molecule has 1 fully saturated rings. The van der Waals surface area contributed by atoms with Crippen molar-refractivity contribution in [2.45, 2.75) is 24.5 Å². The van der Waals surface area contributed by atoms with Crippen molar-refractivity contribution in [1.82, 2.24) is 0 Å². The Kier molecular flexibility index (Phi) is 3.82. The average molecular weight is 167 g/mol. The van der Waals surface area contributed by atoms with Gasteiger partial charge in [0.1, 0.15) is 0 Å². The first-order valence-electron chi connectivity index (χ1n) is 3.62. The number of nitrogens with zero attached hydrogens (tertiary/aromatic N) is 1. The first-order chi connectivity index (χ1) is 5.43. The fourth-order valence-electron chi connectivity index (χ4n) is 0.982. The van der Waals surface area contributed by atoms with E-state index >= 15 is 0 Å². The van der Waals surface area contributed by atoms with Crippen LogP contribution in [0.3, 0.4) is 0 Å². The van der Waals surface area contributed by atoms with Gasteiger partial charge in [-0.25, -0.2) is 4.79 Å². The van der Waals surface area contributed by atoms with Crippen LogP contribution >= 0.6 is 11.8 Å². The third kappa shape index (κ3) is 3.27. The Morgan fingerprint density at radius 2 is 2.36 bits per heavy atom. The number of hydrogen-bond donors (Lipinski definition) is 0. The molecule has 0 bridgehead atoms. The molecule has 1 rings (SSSR count). The Hall–Kier alpha value is -0.710. The Balaban J connectivity index is 2.36. The Morgan fingerprint density at radius 1 is 1.45 bits per heavy atom. The number of hydrogen-bond acceptors (Lipinski definition) is 3. The molecule has 1 atom stereocenters. The maximum absolute atomic E-state index is 9.65. The monoisotopic (exact) mass is 167 g/mol. The number of aliphatic imine (C=N–C) groups is 1. The maximum Gasteiger partial charge on any atom is 0.249 e. The van der Waals surface area contributed by atoms with E-state index in [0.29, 0.717) is 5.25 Å². The van der Waals surface area contributed by atoms with Crippen LogP contribution in [0.1, 0.15) is 19.3 Å². The van der Waals surface area contributed by atoms with Crippen molar-refractivity contribution in [3.63, 3.8) is 0 Å². The van der Waals surface area contributed by atoms with Gasteiger partial charge in [0, 0.05) is 6.04 Å². The molecule has 1 unspecified atom stereocenters. The van der Waals surface area contributed by atoms with Crippen molar-refractivity contribution in [1.29, 1.82) is 0 Å². The van der Waals surface area contributed by atoms with E-state index in [4.69, 9.17) is 0 Å². The molecule has 2 nitrogen and oxygen atoms in total. The molecular formula is C8H9NOS. The van der Waals surface area contributed by atoms with Crippen molar-refractivity contribution < 1.29 is 4.79 Å². The van der Waals surface area contributed by atoms with E-state index < -0.39 is 0 Å². The summed E-state index contributed by atoms with van der Waals surface area (Å²) in [6, 6.07) is 2.44. The highest BCUT2D eigenvalue weighted by molar-refractivity contribution is 8.00. The Morgan fingerprint density at radius 3 is 3.00 bits per heavy atom. The lowest BCUT2D eigenvalue weighted by atomic mass is 10.2. The summed E-state index contributed by atoms with van der Waals surface area (Å²) in [5.41, 5.74) is 0. The first-order valence-corrected chi connectivity index (χ1v) is 4.67. The molecule has 0 N–H and O–H groups in total. The van der Waals surface area contributed by atoms with Gasteiger partial charge < -0.3 is 0 Å². The lowest BCUT2D eigenvalue weighted by Crippen LogP contribution is -2.05. The molecule has 11 heavy (non-hydrogen) atoms. The van der Waals surface area contributed by atoms with Crippen LogP contribution < -0.4 is 0 Å². The first kappa shape index (κ1) is 8.39. The van der Waals surface area contributed by atoms with Crippen LogP contribution in [0.15, 0.2) is 4.99 Å². The maximum atomic E-state index is 9.65.